The van der Waals surface area contributed by atoms with E-state index in [1.165, 1.54) is 32.6 Å². The van der Waals surface area contributed by atoms with E-state index in [0.29, 0.717) is 5.92 Å². The monoisotopic (exact) mass is 215 g/mol. The van der Waals surface area contributed by atoms with Crippen molar-refractivity contribution < 1.29 is 15.0 Å². The smallest absolute Gasteiger partial charge is 0.336 e. The molecule has 0 amide bonds. The fourth-order valence-electron chi connectivity index (χ4n) is 2.29. The molecule has 1 unspecified atom stereocenters. The van der Waals surface area contributed by atoms with Crippen LogP contribution >= 0.6 is 0 Å². The van der Waals surface area contributed by atoms with Crippen LogP contribution in [0.4, 0.5) is 0 Å². The lowest BCUT2D eigenvalue weighted by molar-refractivity contribution is -0.158. The Kier molecular flexibility index (Phi) is 4.11. The van der Waals surface area contributed by atoms with Gasteiger partial charge in [-0.25, -0.2) is 4.79 Å². The minimum atomic E-state index is -1.63. The lowest BCUT2D eigenvalue weighted by Gasteiger charge is -2.27. The Hall–Kier alpha value is -0.610. The molecule has 0 bridgehead atoms. The Balaban J connectivity index is 2.34. The van der Waals surface area contributed by atoms with E-state index in [0.717, 1.165) is 6.54 Å². The maximum atomic E-state index is 10.7. The fourth-order valence-corrected chi connectivity index (χ4v) is 2.29. The highest BCUT2D eigenvalue weighted by molar-refractivity contribution is 5.76. The number of rotatable bonds is 5. The van der Waals surface area contributed by atoms with Gasteiger partial charge >= 0.3 is 5.97 Å². The molecular formula is C11H21NO3. The fraction of sp³-hybridized carbons (Fsp3) is 0.909. The van der Waals surface area contributed by atoms with E-state index in [-0.39, 0.29) is 6.54 Å². The molecule has 88 valence electrons. The van der Waals surface area contributed by atoms with E-state index in [2.05, 4.69) is 0 Å². The Morgan fingerprint density at radius 3 is 2.47 bits per heavy atom. The Morgan fingerprint density at radius 1 is 1.47 bits per heavy atom. The van der Waals surface area contributed by atoms with Gasteiger partial charge in [0.1, 0.15) is 0 Å². The molecule has 15 heavy (non-hydrogen) atoms. The summed E-state index contributed by atoms with van der Waals surface area (Å²) in [5, 5.41) is 18.4. The van der Waals surface area contributed by atoms with Gasteiger partial charge in [-0.1, -0.05) is 12.8 Å². The summed E-state index contributed by atoms with van der Waals surface area (Å²) in [4.78, 5) is 12.6. The second-order valence-electron chi connectivity index (χ2n) is 4.93. The molecule has 0 aliphatic heterocycles. The number of nitrogens with zero attached hydrogens (tertiary/aromatic N) is 1. The van der Waals surface area contributed by atoms with Crippen LogP contribution < -0.4 is 0 Å². The van der Waals surface area contributed by atoms with Gasteiger partial charge in [-0.2, -0.15) is 0 Å². The first-order chi connectivity index (χ1) is 6.92. The van der Waals surface area contributed by atoms with Crippen molar-refractivity contribution in [3.05, 3.63) is 0 Å². The molecule has 1 atom stereocenters. The molecule has 0 heterocycles. The van der Waals surface area contributed by atoms with E-state index in [1.807, 2.05) is 11.9 Å². The predicted octanol–water partition coefficient (Wildman–Crippen LogP) is 0.944. The van der Waals surface area contributed by atoms with Gasteiger partial charge in [0.2, 0.25) is 0 Å². The molecule has 0 aromatic carbocycles. The van der Waals surface area contributed by atoms with Crippen molar-refractivity contribution in [2.24, 2.45) is 5.92 Å². The second-order valence-corrected chi connectivity index (χ2v) is 4.93. The molecule has 1 aliphatic carbocycles. The van der Waals surface area contributed by atoms with Crippen molar-refractivity contribution in [2.45, 2.75) is 38.2 Å². The van der Waals surface area contributed by atoms with Gasteiger partial charge in [0.05, 0.1) is 0 Å². The first kappa shape index (κ1) is 12.5. The molecule has 1 saturated carbocycles. The van der Waals surface area contributed by atoms with Crippen molar-refractivity contribution in [3.8, 4) is 0 Å². The van der Waals surface area contributed by atoms with Crippen LogP contribution in [0.25, 0.3) is 0 Å². The van der Waals surface area contributed by atoms with Gasteiger partial charge < -0.3 is 15.1 Å². The van der Waals surface area contributed by atoms with Crippen molar-refractivity contribution in [2.75, 3.05) is 20.1 Å². The zero-order chi connectivity index (χ0) is 11.5. The third-order valence-corrected chi connectivity index (χ3v) is 3.08. The van der Waals surface area contributed by atoms with Gasteiger partial charge in [0.25, 0.3) is 0 Å². The van der Waals surface area contributed by atoms with Crippen LogP contribution in [-0.2, 0) is 4.79 Å². The van der Waals surface area contributed by atoms with E-state index in [1.54, 1.807) is 0 Å². The summed E-state index contributed by atoms with van der Waals surface area (Å²) in [7, 11) is 1.87. The van der Waals surface area contributed by atoms with Crippen LogP contribution in [0.3, 0.4) is 0 Å². The van der Waals surface area contributed by atoms with E-state index in [9.17, 15) is 9.90 Å². The highest BCUT2D eigenvalue weighted by atomic mass is 16.4. The summed E-state index contributed by atoms with van der Waals surface area (Å²) < 4.78 is 0. The first-order valence-corrected chi connectivity index (χ1v) is 5.56. The van der Waals surface area contributed by atoms with Gasteiger partial charge in [-0.15, -0.1) is 0 Å². The normalized spacial score (nSPS) is 21.9. The van der Waals surface area contributed by atoms with Crippen LogP contribution in [-0.4, -0.2) is 46.8 Å². The first-order valence-electron chi connectivity index (χ1n) is 5.56. The Bertz CT molecular complexity index is 222. The summed E-state index contributed by atoms with van der Waals surface area (Å²) in [6, 6.07) is 0. The summed E-state index contributed by atoms with van der Waals surface area (Å²) in [5.41, 5.74) is -1.63. The second kappa shape index (κ2) is 4.94. The molecule has 4 heteroatoms. The quantitative estimate of drug-likeness (QED) is 0.716. The maximum Gasteiger partial charge on any atom is 0.336 e. The molecule has 2 N–H and O–H groups in total. The molecule has 1 fully saturated rings. The average molecular weight is 215 g/mol. The van der Waals surface area contributed by atoms with Crippen molar-refractivity contribution >= 4 is 5.97 Å². The zero-order valence-corrected chi connectivity index (χ0v) is 9.57. The van der Waals surface area contributed by atoms with Crippen molar-refractivity contribution in [1.82, 2.24) is 4.90 Å². The van der Waals surface area contributed by atoms with Gasteiger partial charge in [0.15, 0.2) is 5.60 Å². The molecule has 0 spiro atoms. The summed E-state index contributed by atoms with van der Waals surface area (Å²) in [5.74, 6) is -0.472. The van der Waals surface area contributed by atoms with Gasteiger partial charge in [-0.05, 0) is 32.7 Å². The largest absolute Gasteiger partial charge is 0.479 e. The lowest BCUT2D eigenvalue weighted by Crippen LogP contribution is -2.46. The SMILES string of the molecule is CN(CC1CCCC1)CC(C)(O)C(=O)O. The minimum absolute atomic E-state index is 0.193. The summed E-state index contributed by atoms with van der Waals surface area (Å²) in [6.07, 6.45) is 5.04. The van der Waals surface area contributed by atoms with Crippen LogP contribution in [0.5, 0.6) is 0 Å². The van der Waals surface area contributed by atoms with Crippen LogP contribution in [0.1, 0.15) is 32.6 Å². The minimum Gasteiger partial charge on any atom is -0.479 e. The molecule has 1 aliphatic rings. The average Bonchev–Trinajstić information content (AvgIpc) is 2.54. The van der Waals surface area contributed by atoms with Gasteiger partial charge in [-0.3, -0.25) is 0 Å². The van der Waals surface area contributed by atoms with Crippen molar-refractivity contribution in [3.63, 3.8) is 0 Å². The molecule has 0 saturated heterocycles. The number of aliphatic hydroxyl groups is 1. The van der Waals surface area contributed by atoms with Crippen LogP contribution in [0.15, 0.2) is 0 Å². The molecule has 1 rings (SSSR count). The van der Waals surface area contributed by atoms with Crippen LogP contribution in [0.2, 0.25) is 0 Å². The van der Waals surface area contributed by atoms with Crippen molar-refractivity contribution in [1.29, 1.82) is 0 Å². The molecular weight excluding hydrogens is 194 g/mol. The summed E-state index contributed by atoms with van der Waals surface area (Å²) >= 11 is 0. The maximum absolute atomic E-state index is 10.7. The third kappa shape index (κ3) is 3.80. The zero-order valence-electron chi connectivity index (χ0n) is 9.57. The number of hydrogen-bond donors (Lipinski definition) is 2. The number of hydrogen-bond acceptors (Lipinski definition) is 3. The van der Waals surface area contributed by atoms with E-state index in [4.69, 9.17) is 5.11 Å². The predicted molar refractivity (Wildman–Crippen MR) is 57.7 cm³/mol. The molecule has 0 radical (unpaired) electrons. The number of aliphatic carboxylic acids is 1. The van der Waals surface area contributed by atoms with Gasteiger partial charge in [0, 0.05) is 13.1 Å². The Morgan fingerprint density at radius 2 is 2.00 bits per heavy atom. The number of carboxylic acid groups (broad SMARTS) is 1. The number of carbonyl (C=O) groups is 1. The number of carboxylic acids is 1. The summed E-state index contributed by atoms with van der Waals surface area (Å²) in [6.45, 7) is 2.43. The third-order valence-electron chi connectivity index (χ3n) is 3.08. The molecule has 4 nitrogen and oxygen atoms in total. The highest BCUT2D eigenvalue weighted by Gasteiger charge is 2.31. The molecule has 0 aromatic heterocycles. The number of likely N-dealkylation sites (N-methyl/N-ethyl adjacent to an activating group) is 1. The van der Waals surface area contributed by atoms with Crippen LogP contribution in [0, 0.1) is 5.92 Å². The van der Waals surface area contributed by atoms with E-state index >= 15 is 0 Å². The van der Waals surface area contributed by atoms with E-state index < -0.39 is 11.6 Å². The Labute approximate surface area is 90.9 Å². The topological polar surface area (TPSA) is 60.8 Å². The molecule has 0 aromatic rings. The highest BCUT2D eigenvalue weighted by Crippen LogP contribution is 2.25. The lowest BCUT2D eigenvalue weighted by atomic mass is 10.0. The standard InChI is InChI=1S/C11H21NO3/c1-11(15,10(13)14)8-12(2)7-9-5-3-4-6-9/h9,15H,3-8H2,1-2H3,(H,13,14).